The first-order valence-electron chi connectivity index (χ1n) is 9.47. The van der Waals surface area contributed by atoms with Crippen molar-refractivity contribution in [2.24, 2.45) is 0 Å². The van der Waals surface area contributed by atoms with Crippen LogP contribution >= 0.6 is 11.6 Å². The summed E-state index contributed by atoms with van der Waals surface area (Å²) in [6, 6.07) is 18.5. The first kappa shape index (κ1) is 22.7. The van der Waals surface area contributed by atoms with Crippen LogP contribution in [0.3, 0.4) is 0 Å². The second-order valence-corrected chi connectivity index (χ2v) is 9.18. The van der Waals surface area contributed by atoms with Crippen LogP contribution in [0.1, 0.15) is 21.5 Å². The highest BCUT2D eigenvalue weighted by Gasteiger charge is 2.22. The zero-order valence-electron chi connectivity index (χ0n) is 17.4. The quantitative estimate of drug-likeness (QED) is 0.555. The van der Waals surface area contributed by atoms with Gasteiger partial charge >= 0.3 is 0 Å². The van der Waals surface area contributed by atoms with Crippen molar-refractivity contribution in [1.29, 1.82) is 0 Å². The minimum absolute atomic E-state index is 0.0266. The third-order valence-corrected chi connectivity index (χ3v) is 6.56. The predicted molar refractivity (Wildman–Crippen MR) is 122 cm³/mol. The molecular weight excluding hydrogens is 436 g/mol. The monoisotopic (exact) mass is 458 g/mol. The van der Waals surface area contributed by atoms with Gasteiger partial charge in [-0.3, -0.25) is 9.52 Å². The van der Waals surface area contributed by atoms with Crippen molar-refractivity contribution in [3.63, 3.8) is 0 Å². The van der Waals surface area contributed by atoms with Gasteiger partial charge in [0, 0.05) is 24.8 Å². The van der Waals surface area contributed by atoms with E-state index in [0.717, 1.165) is 11.1 Å². The van der Waals surface area contributed by atoms with E-state index in [1.165, 1.54) is 30.2 Å². The Hall–Kier alpha value is -3.03. The van der Waals surface area contributed by atoms with Crippen molar-refractivity contribution < 1.29 is 17.9 Å². The van der Waals surface area contributed by atoms with Gasteiger partial charge in [-0.1, -0.05) is 41.4 Å². The number of benzene rings is 3. The van der Waals surface area contributed by atoms with Crippen LogP contribution in [0.5, 0.6) is 5.75 Å². The van der Waals surface area contributed by atoms with E-state index in [2.05, 4.69) is 4.72 Å². The number of hydrogen-bond donors (Lipinski definition) is 1. The normalized spacial score (nSPS) is 11.1. The molecule has 0 atom stereocenters. The predicted octanol–water partition coefficient (Wildman–Crippen LogP) is 4.73. The average molecular weight is 459 g/mol. The van der Waals surface area contributed by atoms with Crippen LogP contribution in [0.25, 0.3) is 0 Å². The van der Waals surface area contributed by atoms with Crippen molar-refractivity contribution in [2.75, 3.05) is 18.9 Å². The number of amides is 1. The molecule has 162 valence electrons. The summed E-state index contributed by atoms with van der Waals surface area (Å²) in [6.07, 6.45) is 0. The van der Waals surface area contributed by atoms with Crippen molar-refractivity contribution in [2.45, 2.75) is 18.4 Å². The molecule has 0 aliphatic rings. The van der Waals surface area contributed by atoms with Gasteiger partial charge in [0.05, 0.1) is 12.1 Å². The van der Waals surface area contributed by atoms with Gasteiger partial charge in [0.25, 0.3) is 15.9 Å². The third kappa shape index (κ3) is 5.57. The van der Waals surface area contributed by atoms with Gasteiger partial charge < -0.3 is 9.64 Å². The van der Waals surface area contributed by atoms with E-state index in [0.29, 0.717) is 18.0 Å². The molecule has 0 saturated heterocycles. The number of halogens is 1. The number of nitrogens with one attached hydrogen (secondary N) is 1. The highest BCUT2D eigenvalue weighted by atomic mass is 35.5. The van der Waals surface area contributed by atoms with Crippen molar-refractivity contribution in [3.8, 4) is 5.75 Å². The van der Waals surface area contributed by atoms with Crippen LogP contribution in [-0.2, 0) is 16.6 Å². The molecule has 0 radical (unpaired) electrons. The SMILES string of the molecule is COc1ccc(NS(=O)(=O)c2cc(C(=O)N(C)Cc3ccc(C)cc3)ccc2Cl)cc1. The summed E-state index contributed by atoms with van der Waals surface area (Å²) in [5, 5.41) is 0.0266. The van der Waals surface area contributed by atoms with Crippen LogP contribution in [0.2, 0.25) is 5.02 Å². The first-order chi connectivity index (χ1) is 14.7. The number of hydrogen-bond acceptors (Lipinski definition) is 4. The number of carbonyl (C=O) groups is 1. The molecule has 0 heterocycles. The van der Waals surface area contributed by atoms with E-state index in [4.69, 9.17) is 16.3 Å². The molecule has 1 amide bonds. The Morgan fingerprint density at radius 2 is 1.68 bits per heavy atom. The lowest BCUT2D eigenvalue weighted by atomic mass is 10.1. The molecule has 3 aromatic carbocycles. The molecule has 0 spiro atoms. The van der Waals surface area contributed by atoms with E-state index >= 15 is 0 Å². The number of sulfonamides is 1. The van der Waals surface area contributed by atoms with Gasteiger partial charge in [0.15, 0.2) is 0 Å². The van der Waals surface area contributed by atoms with Crippen LogP contribution in [0.4, 0.5) is 5.69 Å². The largest absolute Gasteiger partial charge is 0.497 e. The summed E-state index contributed by atoms with van der Waals surface area (Å²) < 4.78 is 33.3. The topological polar surface area (TPSA) is 75.7 Å². The summed E-state index contributed by atoms with van der Waals surface area (Å²) in [6.45, 7) is 2.39. The molecule has 0 bridgehead atoms. The van der Waals surface area contributed by atoms with E-state index in [-0.39, 0.29) is 21.4 Å². The molecule has 0 aliphatic heterocycles. The minimum atomic E-state index is -4.00. The Labute approximate surface area is 187 Å². The maximum atomic E-state index is 12.9. The molecular formula is C23H23ClN2O4S. The number of nitrogens with zero attached hydrogens (tertiary/aromatic N) is 1. The Morgan fingerprint density at radius 3 is 2.29 bits per heavy atom. The van der Waals surface area contributed by atoms with Crippen molar-refractivity contribution in [3.05, 3.63) is 88.4 Å². The highest BCUT2D eigenvalue weighted by Crippen LogP contribution is 2.26. The fraction of sp³-hybridized carbons (Fsp3) is 0.174. The number of aryl methyl sites for hydroxylation is 1. The number of carbonyl (C=O) groups excluding carboxylic acids is 1. The van der Waals surface area contributed by atoms with Gasteiger partial charge in [-0.15, -0.1) is 0 Å². The van der Waals surface area contributed by atoms with Crippen molar-refractivity contribution >= 4 is 33.2 Å². The maximum absolute atomic E-state index is 12.9. The zero-order chi connectivity index (χ0) is 22.6. The Bertz CT molecular complexity index is 1180. The van der Waals surface area contributed by atoms with Crippen molar-refractivity contribution in [1.82, 2.24) is 4.90 Å². The summed E-state index contributed by atoms with van der Waals surface area (Å²) in [7, 11) is -0.810. The molecule has 0 saturated carbocycles. The van der Waals surface area contributed by atoms with Crippen LogP contribution in [-0.4, -0.2) is 33.4 Å². The van der Waals surface area contributed by atoms with Gasteiger partial charge in [0.1, 0.15) is 10.6 Å². The van der Waals surface area contributed by atoms with Gasteiger partial charge in [-0.05, 0) is 55.0 Å². The second kappa shape index (κ2) is 9.41. The molecule has 0 aliphatic carbocycles. The lowest BCUT2D eigenvalue weighted by molar-refractivity contribution is 0.0785. The Morgan fingerprint density at radius 1 is 1.03 bits per heavy atom. The summed E-state index contributed by atoms with van der Waals surface area (Å²) >= 11 is 6.16. The summed E-state index contributed by atoms with van der Waals surface area (Å²) in [4.78, 5) is 14.3. The van der Waals surface area contributed by atoms with Crippen LogP contribution < -0.4 is 9.46 Å². The molecule has 3 aromatic rings. The molecule has 0 aromatic heterocycles. The molecule has 6 nitrogen and oxygen atoms in total. The summed E-state index contributed by atoms with van der Waals surface area (Å²) in [5.74, 6) is 0.295. The van der Waals surface area contributed by atoms with Gasteiger partial charge in [-0.2, -0.15) is 0 Å². The first-order valence-corrected chi connectivity index (χ1v) is 11.3. The highest BCUT2D eigenvalue weighted by molar-refractivity contribution is 7.92. The summed E-state index contributed by atoms with van der Waals surface area (Å²) in [5.41, 5.74) is 2.69. The molecule has 0 unspecified atom stereocenters. The fourth-order valence-corrected chi connectivity index (χ4v) is 4.56. The van der Waals surface area contributed by atoms with E-state index in [9.17, 15) is 13.2 Å². The van der Waals surface area contributed by atoms with Crippen LogP contribution in [0.15, 0.2) is 71.6 Å². The second-order valence-electron chi connectivity index (χ2n) is 7.13. The van der Waals surface area contributed by atoms with Gasteiger partial charge in [0.2, 0.25) is 0 Å². The van der Waals surface area contributed by atoms with Gasteiger partial charge in [-0.25, -0.2) is 8.42 Å². The maximum Gasteiger partial charge on any atom is 0.263 e. The molecule has 1 N–H and O–H groups in total. The fourth-order valence-electron chi connectivity index (χ4n) is 2.97. The van der Waals surface area contributed by atoms with E-state index in [1.54, 1.807) is 31.3 Å². The number of anilines is 1. The Balaban J connectivity index is 1.82. The number of ether oxygens (including phenoxy) is 1. The lowest BCUT2D eigenvalue weighted by Gasteiger charge is -2.18. The molecule has 3 rings (SSSR count). The molecule has 0 fully saturated rings. The number of methoxy groups -OCH3 is 1. The minimum Gasteiger partial charge on any atom is -0.497 e. The standard InChI is InChI=1S/C23H23ClN2O4S/c1-16-4-6-17(7-5-16)15-26(2)23(27)18-8-13-21(24)22(14-18)31(28,29)25-19-9-11-20(30-3)12-10-19/h4-14,25H,15H2,1-3H3. The van der Waals surface area contributed by atoms with E-state index in [1.807, 2.05) is 31.2 Å². The lowest BCUT2D eigenvalue weighted by Crippen LogP contribution is -2.26. The smallest absolute Gasteiger partial charge is 0.263 e. The third-order valence-electron chi connectivity index (χ3n) is 4.70. The van der Waals surface area contributed by atoms with Crippen LogP contribution in [0, 0.1) is 6.92 Å². The average Bonchev–Trinajstić information content (AvgIpc) is 2.75. The zero-order valence-corrected chi connectivity index (χ0v) is 19.0. The van der Waals surface area contributed by atoms with E-state index < -0.39 is 10.0 Å². The number of rotatable bonds is 7. The molecule has 31 heavy (non-hydrogen) atoms. The molecule has 8 heteroatoms. The Kier molecular flexibility index (Phi) is 6.87.